The molecule has 1 rings (SSSR count). The highest BCUT2D eigenvalue weighted by Gasteiger charge is 2.42. The van der Waals surface area contributed by atoms with Crippen LogP contribution in [-0.2, 0) is 19.1 Å². The van der Waals surface area contributed by atoms with Crippen molar-refractivity contribution < 1.29 is 24.2 Å². The smallest absolute Gasteiger partial charge is 0.311 e. The summed E-state index contributed by atoms with van der Waals surface area (Å²) in [5, 5.41) is 9.83. The van der Waals surface area contributed by atoms with E-state index in [1.165, 1.54) is 0 Å². The quantitative estimate of drug-likeness (QED) is 0.808. The van der Waals surface area contributed by atoms with E-state index in [0.29, 0.717) is 19.3 Å². The standard InChI is InChI=1S/C17H30O5/c1-15(2,3)13(19)21-10-17(8-7-12(18)9-17)11-22-14(20)16(4,5)6/h12,18H,7-11H2,1-6H3. The van der Waals surface area contributed by atoms with Crippen LogP contribution in [0.25, 0.3) is 0 Å². The lowest BCUT2D eigenvalue weighted by atomic mass is 9.87. The summed E-state index contributed by atoms with van der Waals surface area (Å²) in [7, 11) is 0. The second kappa shape index (κ2) is 6.57. The van der Waals surface area contributed by atoms with Gasteiger partial charge in [0.25, 0.3) is 0 Å². The fourth-order valence-electron chi connectivity index (χ4n) is 2.35. The molecule has 1 aliphatic carbocycles. The topological polar surface area (TPSA) is 72.8 Å². The fourth-order valence-corrected chi connectivity index (χ4v) is 2.35. The van der Waals surface area contributed by atoms with Gasteiger partial charge in [-0.2, -0.15) is 0 Å². The van der Waals surface area contributed by atoms with Gasteiger partial charge in [-0.1, -0.05) is 0 Å². The van der Waals surface area contributed by atoms with Gasteiger partial charge < -0.3 is 14.6 Å². The maximum atomic E-state index is 11.9. The van der Waals surface area contributed by atoms with Gasteiger partial charge in [-0.3, -0.25) is 9.59 Å². The molecule has 0 aromatic heterocycles. The van der Waals surface area contributed by atoms with E-state index in [4.69, 9.17) is 9.47 Å². The van der Waals surface area contributed by atoms with E-state index in [0.717, 1.165) is 0 Å². The van der Waals surface area contributed by atoms with Gasteiger partial charge in [-0.05, 0) is 60.8 Å². The minimum atomic E-state index is -0.569. The van der Waals surface area contributed by atoms with Crippen LogP contribution in [0.1, 0.15) is 60.8 Å². The van der Waals surface area contributed by atoms with Crippen molar-refractivity contribution in [2.24, 2.45) is 16.2 Å². The molecule has 1 aliphatic rings. The first-order valence-corrected chi connectivity index (χ1v) is 7.88. The largest absolute Gasteiger partial charge is 0.465 e. The number of ether oxygens (including phenoxy) is 2. The molecule has 0 spiro atoms. The monoisotopic (exact) mass is 314 g/mol. The summed E-state index contributed by atoms with van der Waals surface area (Å²) in [6.45, 7) is 11.1. The molecule has 1 fully saturated rings. The molecule has 1 unspecified atom stereocenters. The summed E-state index contributed by atoms with van der Waals surface area (Å²) in [5.41, 5.74) is -1.61. The highest BCUT2D eigenvalue weighted by atomic mass is 16.5. The summed E-state index contributed by atoms with van der Waals surface area (Å²) < 4.78 is 10.8. The van der Waals surface area contributed by atoms with Crippen molar-refractivity contribution in [1.82, 2.24) is 0 Å². The fraction of sp³-hybridized carbons (Fsp3) is 0.882. The zero-order valence-electron chi connectivity index (χ0n) is 14.7. The molecular formula is C17H30O5. The third-order valence-electron chi connectivity index (χ3n) is 3.92. The summed E-state index contributed by atoms with van der Waals surface area (Å²) in [5.74, 6) is -0.564. The molecule has 1 N–H and O–H groups in total. The molecule has 0 aromatic rings. The Morgan fingerprint density at radius 3 is 1.68 bits per heavy atom. The Hall–Kier alpha value is -1.10. The van der Waals surface area contributed by atoms with Gasteiger partial charge in [-0.15, -0.1) is 0 Å². The minimum absolute atomic E-state index is 0.178. The van der Waals surface area contributed by atoms with Crippen molar-refractivity contribution in [2.45, 2.75) is 66.9 Å². The average molecular weight is 314 g/mol. The summed E-state index contributed by atoms with van der Waals surface area (Å²) in [6, 6.07) is 0. The first-order chi connectivity index (χ1) is 9.86. The maximum absolute atomic E-state index is 11.9. The number of carbonyl (C=O) groups is 2. The van der Waals surface area contributed by atoms with Crippen molar-refractivity contribution in [3.8, 4) is 0 Å². The van der Waals surface area contributed by atoms with Gasteiger partial charge in [0.1, 0.15) is 13.2 Å². The van der Waals surface area contributed by atoms with Gasteiger partial charge in [0.15, 0.2) is 0 Å². The van der Waals surface area contributed by atoms with E-state index in [-0.39, 0.29) is 25.2 Å². The molecule has 128 valence electrons. The summed E-state index contributed by atoms with van der Waals surface area (Å²) >= 11 is 0. The van der Waals surface area contributed by atoms with E-state index in [2.05, 4.69) is 0 Å². The third kappa shape index (κ3) is 5.27. The number of hydrogen-bond acceptors (Lipinski definition) is 5. The van der Waals surface area contributed by atoms with Crippen molar-refractivity contribution in [2.75, 3.05) is 13.2 Å². The minimum Gasteiger partial charge on any atom is -0.465 e. The molecule has 0 aliphatic heterocycles. The van der Waals surface area contributed by atoms with Gasteiger partial charge in [-0.25, -0.2) is 0 Å². The Morgan fingerprint density at radius 1 is 1.00 bits per heavy atom. The van der Waals surface area contributed by atoms with Crippen LogP contribution in [0.5, 0.6) is 0 Å². The average Bonchev–Trinajstić information content (AvgIpc) is 2.73. The Bertz CT molecular complexity index is 384. The molecule has 5 heteroatoms. The van der Waals surface area contributed by atoms with Crippen molar-refractivity contribution in [3.63, 3.8) is 0 Å². The maximum Gasteiger partial charge on any atom is 0.311 e. The van der Waals surface area contributed by atoms with Crippen LogP contribution < -0.4 is 0 Å². The Labute approximate surface area is 133 Å². The highest BCUT2D eigenvalue weighted by Crippen LogP contribution is 2.39. The van der Waals surface area contributed by atoms with Crippen LogP contribution in [0.15, 0.2) is 0 Å². The van der Waals surface area contributed by atoms with Crippen molar-refractivity contribution >= 4 is 11.9 Å². The molecule has 0 radical (unpaired) electrons. The van der Waals surface area contributed by atoms with Gasteiger partial charge in [0.05, 0.1) is 16.9 Å². The van der Waals surface area contributed by atoms with E-state index < -0.39 is 22.3 Å². The predicted octanol–water partition coefficient (Wildman–Crippen LogP) is 2.70. The van der Waals surface area contributed by atoms with Gasteiger partial charge >= 0.3 is 11.9 Å². The van der Waals surface area contributed by atoms with Crippen molar-refractivity contribution in [1.29, 1.82) is 0 Å². The normalized spacial score (nSPS) is 21.5. The number of aliphatic hydroxyl groups excluding tert-OH is 1. The zero-order chi connectivity index (χ0) is 17.2. The number of carbonyl (C=O) groups excluding carboxylic acids is 2. The number of esters is 2. The lowest BCUT2D eigenvalue weighted by molar-refractivity contribution is -0.164. The van der Waals surface area contributed by atoms with E-state index >= 15 is 0 Å². The molecule has 22 heavy (non-hydrogen) atoms. The van der Waals surface area contributed by atoms with Gasteiger partial charge in [0.2, 0.25) is 0 Å². The van der Waals surface area contributed by atoms with E-state index in [1.54, 1.807) is 41.5 Å². The number of aliphatic hydroxyl groups is 1. The third-order valence-corrected chi connectivity index (χ3v) is 3.92. The van der Waals surface area contributed by atoms with Gasteiger partial charge in [0, 0.05) is 5.41 Å². The molecule has 0 bridgehead atoms. The van der Waals surface area contributed by atoms with Crippen LogP contribution in [0, 0.1) is 16.2 Å². The first kappa shape index (κ1) is 18.9. The molecular weight excluding hydrogens is 284 g/mol. The molecule has 0 aromatic carbocycles. The molecule has 1 atom stereocenters. The first-order valence-electron chi connectivity index (χ1n) is 7.88. The molecule has 0 amide bonds. The second-order valence-corrected chi connectivity index (χ2v) is 8.55. The number of rotatable bonds is 4. The predicted molar refractivity (Wildman–Crippen MR) is 83.1 cm³/mol. The molecule has 5 nitrogen and oxygen atoms in total. The highest BCUT2D eigenvalue weighted by molar-refractivity contribution is 5.76. The molecule has 0 saturated heterocycles. The zero-order valence-corrected chi connectivity index (χ0v) is 14.7. The van der Waals surface area contributed by atoms with E-state index in [9.17, 15) is 14.7 Å². The van der Waals surface area contributed by atoms with Crippen LogP contribution in [0.2, 0.25) is 0 Å². The summed E-state index contributed by atoms with van der Waals surface area (Å²) in [4.78, 5) is 23.9. The SMILES string of the molecule is CC(C)(C)C(=O)OCC1(COC(=O)C(C)(C)C)CCC(O)C1. The molecule has 1 saturated carbocycles. The Balaban J connectivity index is 2.68. The lowest BCUT2D eigenvalue weighted by Crippen LogP contribution is -2.36. The van der Waals surface area contributed by atoms with Crippen LogP contribution in [0.3, 0.4) is 0 Å². The van der Waals surface area contributed by atoms with Crippen LogP contribution >= 0.6 is 0 Å². The second-order valence-electron chi connectivity index (χ2n) is 8.55. The van der Waals surface area contributed by atoms with Crippen LogP contribution in [-0.4, -0.2) is 36.4 Å². The molecule has 0 heterocycles. The Morgan fingerprint density at radius 2 is 1.41 bits per heavy atom. The lowest BCUT2D eigenvalue weighted by Gasteiger charge is -2.30. The van der Waals surface area contributed by atoms with Crippen LogP contribution in [0.4, 0.5) is 0 Å². The van der Waals surface area contributed by atoms with E-state index in [1.807, 2.05) is 0 Å². The number of hydrogen-bond donors (Lipinski definition) is 1. The van der Waals surface area contributed by atoms with Crippen molar-refractivity contribution in [3.05, 3.63) is 0 Å². The summed E-state index contributed by atoms with van der Waals surface area (Å²) in [6.07, 6.45) is 1.38. The Kier molecular flexibility index (Phi) is 5.66.